The molecule has 0 unspecified atom stereocenters. The molecule has 0 aliphatic heterocycles. The molecule has 6 heavy (non-hydrogen) atoms. The van der Waals surface area contributed by atoms with Crippen molar-refractivity contribution in [1.82, 2.24) is 0 Å². The van der Waals surface area contributed by atoms with Crippen LogP contribution in [-0.4, -0.2) is 12.3 Å². The smallest absolute Gasteiger partial charge is 0.0346 e. The maximum Gasteiger partial charge on any atom is 0.0346 e. The summed E-state index contributed by atoms with van der Waals surface area (Å²) in [5, 5.41) is 3.19. The first-order valence-corrected chi connectivity index (χ1v) is 2.16. The van der Waals surface area contributed by atoms with Crippen LogP contribution < -0.4 is 0 Å². The van der Waals surface area contributed by atoms with E-state index in [0.717, 1.165) is 0 Å². The molecule has 0 bridgehead atoms. The van der Waals surface area contributed by atoms with Crippen LogP contribution in [0, 0.1) is 0 Å². The second kappa shape index (κ2) is 4.66. The molecule has 4 heteroatoms. The highest BCUT2D eigenvalue weighted by Gasteiger charge is 1.66. The van der Waals surface area contributed by atoms with E-state index >= 15 is 0 Å². The Labute approximate surface area is 41.4 Å². The Morgan fingerprint density at radius 1 is 1.83 bits per heavy atom. The van der Waals surface area contributed by atoms with Gasteiger partial charge in [-0.25, -0.2) is 0 Å². The summed E-state index contributed by atoms with van der Waals surface area (Å²) < 4.78 is 0. The maximum absolute atomic E-state index is 7.62. The number of hydrogen-bond acceptors (Lipinski definition) is 2. The number of azide groups is 1. The Morgan fingerprint density at radius 3 is 2.67 bits per heavy atom. The molecule has 0 spiro atoms. The van der Waals surface area contributed by atoms with Crippen LogP contribution in [-0.2, 0) is 0 Å². The molecule has 34 valence electrons. The van der Waals surface area contributed by atoms with Crippen molar-refractivity contribution in [2.75, 3.05) is 12.3 Å². The summed E-state index contributed by atoms with van der Waals surface area (Å²) in [6, 6.07) is 0. The SMILES string of the molecule is [N-]=[N+]=NCCS. The minimum absolute atomic E-state index is 0.486. The van der Waals surface area contributed by atoms with E-state index in [1.165, 1.54) is 0 Å². The molecule has 0 aliphatic rings. The summed E-state index contributed by atoms with van der Waals surface area (Å²) in [5.41, 5.74) is 7.62. The lowest BCUT2D eigenvalue weighted by Gasteiger charge is -1.71. The van der Waals surface area contributed by atoms with Gasteiger partial charge in [0.25, 0.3) is 0 Å². The van der Waals surface area contributed by atoms with E-state index in [4.69, 9.17) is 5.53 Å². The normalized spacial score (nSPS) is 6.83. The van der Waals surface area contributed by atoms with Crippen molar-refractivity contribution in [2.45, 2.75) is 0 Å². The lowest BCUT2D eigenvalue weighted by molar-refractivity contribution is 1.13. The summed E-state index contributed by atoms with van der Waals surface area (Å²) in [7, 11) is 0. The third-order valence-corrected chi connectivity index (χ3v) is 0.463. The van der Waals surface area contributed by atoms with Crippen molar-refractivity contribution >= 4 is 12.6 Å². The zero-order chi connectivity index (χ0) is 4.83. The molecule has 3 nitrogen and oxygen atoms in total. The van der Waals surface area contributed by atoms with Crippen molar-refractivity contribution in [1.29, 1.82) is 0 Å². The molecule has 0 aliphatic carbocycles. The van der Waals surface area contributed by atoms with Crippen molar-refractivity contribution in [3.63, 3.8) is 0 Å². The molecular weight excluding hydrogens is 98.1 g/mol. The summed E-state index contributed by atoms with van der Waals surface area (Å²) in [5.74, 6) is 0.629. The highest BCUT2D eigenvalue weighted by atomic mass is 32.1. The summed E-state index contributed by atoms with van der Waals surface area (Å²) >= 11 is 3.79. The van der Waals surface area contributed by atoms with Gasteiger partial charge < -0.3 is 0 Å². The maximum atomic E-state index is 7.62. The van der Waals surface area contributed by atoms with Gasteiger partial charge in [-0.1, -0.05) is 5.11 Å². The molecule has 0 heterocycles. The molecule has 0 atom stereocenters. The predicted octanol–water partition coefficient (Wildman–Crippen LogP) is 1.23. The van der Waals surface area contributed by atoms with E-state index in [2.05, 4.69) is 22.7 Å². The van der Waals surface area contributed by atoms with E-state index in [9.17, 15) is 0 Å². The highest BCUT2D eigenvalue weighted by Crippen LogP contribution is 1.73. The van der Waals surface area contributed by atoms with Gasteiger partial charge in [-0.3, -0.25) is 0 Å². The minimum atomic E-state index is 0.486. The van der Waals surface area contributed by atoms with Crippen LogP contribution in [0.3, 0.4) is 0 Å². The van der Waals surface area contributed by atoms with Crippen molar-refractivity contribution in [2.24, 2.45) is 5.11 Å². The molecule has 0 aromatic heterocycles. The van der Waals surface area contributed by atoms with Gasteiger partial charge in [0.1, 0.15) is 0 Å². The van der Waals surface area contributed by atoms with Gasteiger partial charge in [0, 0.05) is 11.5 Å². The van der Waals surface area contributed by atoms with E-state index in [1.54, 1.807) is 0 Å². The average Bonchev–Trinajstić information content (AvgIpc) is 1.61. The van der Waals surface area contributed by atoms with E-state index in [-0.39, 0.29) is 0 Å². The Kier molecular flexibility index (Phi) is 4.40. The minimum Gasteiger partial charge on any atom is -0.179 e. The number of rotatable bonds is 2. The number of nitrogens with zero attached hydrogens (tertiary/aromatic N) is 3. The fraction of sp³-hybridized carbons (Fsp3) is 1.00. The Hall–Kier alpha value is -0.340. The average molecular weight is 103 g/mol. The lowest BCUT2D eigenvalue weighted by atomic mass is 10.8. The molecule has 0 N–H and O–H groups in total. The molecule has 0 saturated heterocycles. The Morgan fingerprint density at radius 2 is 2.50 bits per heavy atom. The van der Waals surface area contributed by atoms with Gasteiger partial charge >= 0.3 is 0 Å². The monoisotopic (exact) mass is 103 g/mol. The standard InChI is InChI=1S/C2H5N3S/c3-5-4-1-2-6/h6H,1-2H2. The molecule has 0 rings (SSSR count). The fourth-order valence-electron chi connectivity index (χ4n) is 0.0894. The summed E-state index contributed by atoms with van der Waals surface area (Å²) in [4.78, 5) is 2.50. The lowest BCUT2D eigenvalue weighted by Crippen LogP contribution is -1.73. The molecule has 0 radical (unpaired) electrons. The zero-order valence-electron chi connectivity index (χ0n) is 3.20. The molecule has 0 aromatic carbocycles. The van der Waals surface area contributed by atoms with Gasteiger partial charge in [-0.2, -0.15) is 12.6 Å². The fourth-order valence-corrected chi connectivity index (χ4v) is 0.179. The molecule has 0 saturated carbocycles. The second-order valence-electron chi connectivity index (χ2n) is 0.678. The third-order valence-electron chi connectivity index (χ3n) is 0.263. The van der Waals surface area contributed by atoms with Crippen LogP contribution in [0.2, 0.25) is 0 Å². The van der Waals surface area contributed by atoms with E-state index in [0.29, 0.717) is 12.3 Å². The van der Waals surface area contributed by atoms with Crippen molar-refractivity contribution < 1.29 is 0 Å². The summed E-state index contributed by atoms with van der Waals surface area (Å²) in [6.45, 7) is 0.486. The third kappa shape index (κ3) is 3.66. The van der Waals surface area contributed by atoms with Crippen LogP contribution in [0.1, 0.15) is 0 Å². The molecule has 0 amide bonds. The van der Waals surface area contributed by atoms with Crippen molar-refractivity contribution in [3.8, 4) is 0 Å². The molecule has 0 aromatic rings. The Bertz CT molecular complexity index is 65.2. The van der Waals surface area contributed by atoms with Crippen LogP contribution in [0.4, 0.5) is 0 Å². The summed E-state index contributed by atoms with van der Waals surface area (Å²) in [6.07, 6.45) is 0. The predicted molar refractivity (Wildman–Crippen MR) is 27.9 cm³/mol. The first-order chi connectivity index (χ1) is 2.91. The van der Waals surface area contributed by atoms with Gasteiger partial charge in [-0.15, -0.1) is 0 Å². The first-order valence-electron chi connectivity index (χ1n) is 1.53. The molecule has 0 fully saturated rings. The largest absolute Gasteiger partial charge is 0.179 e. The number of hydrogen-bond donors (Lipinski definition) is 1. The van der Waals surface area contributed by atoms with Crippen molar-refractivity contribution in [3.05, 3.63) is 10.4 Å². The zero-order valence-corrected chi connectivity index (χ0v) is 4.10. The molecular formula is C2H5N3S. The van der Waals surface area contributed by atoms with Gasteiger partial charge in [0.15, 0.2) is 0 Å². The Balaban J connectivity index is 2.86. The van der Waals surface area contributed by atoms with E-state index < -0.39 is 0 Å². The quantitative estimate of drug-likeness (QED) is 0.236. The number of thiol groups is 1. The van der Waals surface area contributed by atoms with Crippen LogP contribution in [0.5, 0.6) is 0 Å². The van der Waals surface area contributed by atoms with Gasteiger partial charge in [0.05, 0.1) is 0 Å². The second-order valence-corrected chi connectivity index (χ2v) is 1.13. The van der Waals surface area contributed by atoms with Crippen LogP contribution in [0.15, 0.2) is 5.11 Å². The highest BCUT2D eigenvalue weighted by molar-refractivity contribution is 7.80. The van der Waals surface area contributed by atoms with Gasteiger partial charge in [-0.05, 0) is 11.3 Å². The topological polar surface area (TPSA) is 48.8 Å². The van der Waals surface area contributed by atoms with E-state index in [1.807, 2.05) is 0 Å². The van der Waals surface area contributed by atoms with Gasteiger partial charge in [0.2, 0.25) is 0 Å². The van der Waals surface area contributed by atoms with Crippen LogP contribution in [0.25, 0.3) is 10.4 Å². The first kappa shape index (κ1) is 5.66. The van der Waals surface area contributed by atoms with Crippen LogP contribution >= 0.6 is 12.6 Å².